The Morgan fingerprint density at radius 3 is 2.10 bits per heavy atom. The summed E-state index contributed by atoms with van der Waals surface area (Å²) >= 11 is 0. The van der Waals surface area contributed by atoms with Crippen LogP contribution in [-0.4, -0.2) is 194 Å². The lowest BCUT2D eigenvalue weighted by atomic mass is 9.79. The predicted molar refractivity (Wildman–Crippen MR) is 264 cm³/mol. The number of hydrogen-bond donors (Lipinski definition) is 6. The Morgan fingerprint density at radius 2 is 1.48 bits per heavy atom. The predicted octanol–water partition coefficient (Wildman–Crippen LogP) is 2.69. The number of carbonyl (C=O) groups excluding carboxylic acids is 2. The molecule has 4 heterocycles. The van der Waals surface area contributed by atoms with Crippen molar-refractivity contribution in [3.8, 4) is 0 Å². The summed E-state index contributed by atoms with van der Waals surface area (Å²) < 4.78 is 81.6. The van der Waals surface area contributed by atoms with E-state index >= 15 is 0 Å². The maximum atomic E-state index is 14.1. The fourth-order valence-electron chi connectivity index (χ4n) is 10.3. The molecule has 6 N–H and O–H groups in total. The van der Waals surface area contributed by atoms with E-state index in [1.165, 1.54) is 32.2 Å². The molecule has 3 saturated heterocycles. The van der Waals surface area contributed by atoms with Gasteiger partial charge in [-0.2, -0.15) is 8.42 Å². The molecule has 1 aromatic carbocycles. The molecule has 20 nitrogen and oxygen atoms in total. The first-order valence-electron chi connectivity index (χ1n) is 25.5. The SMILES string of the molecule is CC[C@H]1OC(=O)C[C@@H](O)[C@H](C)[C@@H](O[C@@H]2O[C@H](C)[C@@H](O[C@H]3C[C@@](C)(O)[C@@H](O)[C@H](C)O3)[C@H](N(C)C)[C@H]2O)[C@@H](CCOS(=O)(=O)c2ccc(C)cc2)C[C@@H](C)C(=O)/C=C/C(C)=C/[C@@H]1CO[C@@H]1O[C@H](C)[C@@H](O)[C@@H](O)[C@H]1OC. The topological polar surface area (TPSA) is 276 Å². The van der Waals surface area contributed by atoms with Gasteiger partial charge in [0.25, 0.3) is 10.1 Å². The molecule has 21 atom stereocenters. The highest BCUT2D eigenvalue weighted by molar-refractivity contribution is 7.86. The molecule has 0 aliphatic carbocycles. The number of nitrogens with zero attached hydrogens (tertiary/aromatic N) is 1. The molecule has 4 aliphatic rings. The minimum Gasteiger partial charge on any atom is -0.462 e. The zero-order valence-corrected chi connectivity index (χ0v) is 45.2. The number of esters is 1. The van der Waals surface area contributed by atoms with Crippen molar-refractivity contribution >= 4 is 21.9 Å². The van der Waals surface area contributed by atoms with E-state index in [1.54, 1.807) is 84.8 Å². The molecule has 4 aliphatic heterocycles. The molecule has 0 radical (unpaired) electrons. The summed E-state index contributed by atoms with van der Waals surface area (Å²) in [4.78, 5) is 29.8. The largest absolute Gasteiger partial charge is 0.462 e. The van der Waals surface area contributed by atoms with Crippen molar-refractivity contribution in [3.05, 3.63) is 53.6 Å². The first-order valence-corrected chi connectivity index (χ1v) is 26.9. The molecule has 73 heavy (non-hydrogen) atoms. The van der Waals surface area contributed by atoms with Crippen LogP contribution in [0.25, 0.3) is 0 Å². The fraction of sp³-hybridized carbons (Fsp3) is 0.769. The summed E-state index contributed by atoms with van der Waals surface area (Å²) in [5, 5.41) is 67.0. The number of hydrogen-bond acceptors (Lipinski definition) is 20. The lowest BCUT2D eigenvalue weighted by Crippen LogP contribution is -2.65. The number of allylic oxidation sites excluding steroid dienone is 3. The Hall–Kier alpha value is -2.81. The first-order chi connectivity index (χ1) is 34.2. The number of aliphatic hydroxyl groups is 6. The minimum absolute atomic E-state index is 0.0231. The third-order valence-corrected chi connectivity index (χ3v) is 16.1. The van der Waals surface area contributed by atoms with E-state index in [9.17, 15) is 48.6 Å². The molecule has 3 fully saturated rings. The average molecular weight is 1060 g/mol. The quantitative estimate of drug-likeness (QED) is 0.109. The van der Waals surface area contributed by atoms with Gasteiger partial charge in [0, 0.05) is 31.3 Å². The number of aliphatic hydroxyl groups excluding tert-OH is 5. The number of cyclic esters (lactones) is 1. The smallest absolute Gasteiger partial charge is 0.308 e. The number of ether oxygens (including phenoxy) is 8. The third-order valence-electron chi connectivity index (χ3n) is 14.8. The number of benzene rings is 1. The van der Waals surface area contributed by atoms with Crippen molar-refractivity contribution in [2.45, 2.75) is 203 Å². The minimum atomic E-state index is -4.24. The van der Waals surface area contributed by atoms with Gasteiger partial charge in [0.15, 0.2) is 24.7 Å². The lowest BCUT2D eigenvalue weighted by molar-refractivity contribution is -0.342. The van der Waals surface area contributed by atoms with E-state index in [0.717, 1.165) is 5.56 Å². The van der Waals surface area contributed by atoms with E-state index in [4.69, 9.17) is 42.1 Å². The molecule has 21 heteroatoms. The number of aryl methyl sites for hydroxylation is 1. The lowest BCUT2D eigenvalue weighted by Gasteiger charge is -2.50. The van der Waals surface area contributed by atoms with Gasteiger partial charge in [-0.1, -0.05) is 56.2 Å². The van der Waals surface area contributed by atoms with Gasteiger partial charge in [0.05, 0.1) is 66.7 Å². The van der Waals surface area contributed by atoms with E-state index in [-0.39, 0.29) is 43.2 Å². The van der Waals surface area contributed by atoms with Gasteiger partial charge >= 0.3 is 5.97 Å². The maximum Gasteiger partial charge on any atom is 0.308 e. The molecule has 416 valence electrons. The van der Waals surface area contributed by atoms with Crippen LogP contribution in [0.3, 0.4) is 0 Å². The molecule has 0 unspecified atom stereocenters. The molecular weight excluding hydrogens is 975 g/mol. The van der Waals surface area contributed by atoms with E-state index in [2.05, 4.69) is 0 Å². The molecule has 1 aromatic rings. The van der Waals surface area contributed by atoms with E-state index in [0.29, 0.717) is 12.0 Å². The summed E-state index contributed by atoms with van der Waals surface area (Å²) in [6, 6.07) is 5.36. The highest BCUT2D eigenvalue weighted by Gasteiger charge is 2.52. The average Bonchev–Trinajstić information content (AvgIpc) is 3.31. The highest BCUT2D eigenvalue weighted by atomic mass is 32.2. The Balaban J connectivity index is 1.48. The summed E-state index contributed by atoms with van der Waals surface area (Å²) in [5.74, 6) is -4.11. The van der Waals surface area contributed by atoms with Gasteiger partial charge in [-0.05, 0) is 99.0 Å². The standard InChI is InChI=1S/C52H83NO19S/c1-13-39-35(26-65-51-48(64-12)45(59)43(57)31(6)68-51)22-28(3)16-19-37(54)29(4)23-34(20-21-66-73(62,63)36-17-14-27(2)15-18-36)46(30(5)38(55)24-40(56)70-39)72-50-44(58)42(53(10)11)47(32(7)69-50)71-41-25-52(9,61)49(60)33(8)67-41/h14-19,22,29-35,38-39,41-51,55,57-61H,13,20-21,23-26H2,1-12H3/b19-16+,28-22+/t29-,30+,31-,32-,33+,34+,35-,38-,39-,41+,42-,43-,44-,45-,46-,47-,48-,49+,50+,51-,52-/m1/s1. The van der Waals surface area contributed by atoms with Crippen LogP contribution in [0.4, 0.5) is 0 Å². The fourth-order valence-corrected chi connectivity index (χ4v) is 11.2. The molecule has 0 amide bonds. The van der Waals surface area contributed by atoms with Gasteiger partial charge in [-0.3, -0.25) is 13.8 Å². The first kappa shape index (κ1) is 61.0. The van der Waals surface area contributed by atoms with Crippen LogP contribution in [0, 0.1) is 30.6 Å². The zero-order chi connectivity index (χ0) is 54.3. The highest BCUT2D eigenvalue weighted by Crippen LogP contribution is 2.38. The maximum absolute atomic E-state index is 14.1. The van der Waals surface area contributed by atoms with Crippen LogP contribution in [0.5, 0.6) is 0 Å². The molecule has 0 saturated carbocycles. The Labute approximate surface area is 431 Å². The third kappa shape index (κ3) is 15.7. The molecule has 0 aromatic heterocycles. The second-order valence-electron chi connectivity index (χ2n) is 21.0. The summed E-state index contributed by atoms with van der Waals surface area (Å²) in [6.45, 7) is 14.7. The molecular formula is C52H83NO19S. The van der Waals surface area contributed by atoms with Crippen molar-refractivity contribution in [1.82, 2.24) is 4.90 Å². The summed E-state index contributed by atoms with van der Waals surface area (Å²) in [6.07, 6.45) is -11.7. The number of carbonyl (C=O) groups is 2. The zero-order valence-electron chi connectivity index (χ0n) is 44.4. The van der Waals surface area contributed by atoms with Crippen molar-refractivity contribution in [2.75, 3.05) is 34.4 Å². The van der Waals surface area contributed by atoms with Crippen LogP contribution in [0.2, 0.25) is 0 Å². The van der Waals surface area contributed by atoms with E-state index in [1.807, 2.05) is 13.8 Å². The second-order valence-corrected chi connectivity index (χ2v) is 22.6. The molecule has 0 bridgehead atoms. The van der Waals surface area contributed by atoms with Crippen LogP contribution in [-0.2, 0) is 61.8 Å². The van der Waals surface area contributed by atoms with Crippen molar-refractivity contribution in [3.63, 3.8) is 0 Å². The van der Waals surface area contributed by atoms with Crippen molar-refractivity contribution in [1.29, 1.82) is 0 Å². The monoisotopic (exact) mass is 1060 g/mol. The number of methoxy groups -OCH3 is 1. The van der Waals surface area contributed by atoms with Gasteiger partial charge < -0.3 is 73.4 Å². The normalized spacial score (nSPS) is 42.0. The summed E-state index contributed by atoms with van der Waals surface area (Å²) in [5.41, 5.74) is -0.0591. The molecule has 0 spiro atoms. The van der Waals surface area contributed by atoms with Gasteiger partial charge in [-0.25, -0.2) is 0 Å². The van der Waals surface area contributed by atoms with E-state index < -0.39 is 150 Å². The van der Waals surface area contributed by atoms with Crippen LogP contribution in [0.15, 0.2) is 53.0 Å². The molecule has 5 rings (SSSR count). The number of likely N-dealkylation sites (N-methyl/N-ethyl adjacent to an activating group) is 1. The van der Waals surface area contributed by atoms with Crippen LogP contribution >= 0.6 is 0 Å². The number of rotatable bonds is 15. The van der Waals surface area contributed by atoms with Crippen molar-refractivity contribution in [2.24, 2.45) is 23.7 Å². The Morgan fingerprint density at radius 1 is 0.822 bits per heavy atom. The Kier molecular flexibility index (Phi) is 22.2. The number of ketones is 1. The van der Waals surface area contributed by atoms with Gasteiger partial charge in [0.2, 0.25) is 0 Å². The second kappa shape index (κ2) is 26.5. The van der Waals surface area contributed by atoms with Crippen LogP contribution in [0.1, 0.15) is 93.1 Å². The Bertz CT molecular complexity index is 2100. The summed E-state index contributed by atoms with van der Waals surface area (Å²) in [7, 11) is 0.576. The van der Waals surface area contributed by atoms with Gasteiger partial charge in [-0.15, -0.1) is 0 Å². The van der Waals surface area contributed by atoms with Crippen LogP contribution < -0.4 is 0 Å². The van der Waals surface area contributed by atoms with Gasteiger partial charge in [0.1, 0.15) is 42.7 Å². The van der Waals surface area contributed by atoms with Crippen molar-refractivity contribution < 1.29 is 90.7 Å².